The van der Waals surface area contributed by atoms with Gasteiger partial charge in [-0.15, -0.1) is 0 Å². The standard InChI is InChI=1S/C24H26F4N2O4/c1-4-7-17-20(11-10-18-21(17)34-29-22(18)24(26,27)28)33-13-6-12-30(3)15-8-9-16(19(25)14-15)23(31)32-5-2/h8-11,14H,4-7,12-13H2,1-3H3. The number of esters is 1. The molecule has 3 aromatic rings. The van der Waals surface area contributed by atoms with Gasteiger partial charge in [0.25, 0.3) is 0 Å². The minimum atomic E-state index is -4.60. The number of ether oxygens (including phenoxy) is 2. The first-order valence-corrected chi connectivity index (χ1v) is 11.0. The molecule has 0 N–H and O–H groups in total. The van der Waals surface area contributed by atoms with Crippen molar-refractivity contribution in [3.8, 4) is 5.75 Å². The lowest BCUT2D eigenvalue weighted by atomic mass is 10.0. The van der Waals surface area contributed by atoms with Gasteiger partial charge >= 0.3 is 12.1 Å². The molecule has 6 nitrogen and oxygen atoms in total. The Morgan fingerprint density at radius 1 is 1.18 bits per heavy atom. The third kappa shape index (κ3) is 5.60. The lowest BCUT2D eigenvalue weighted by molar-refractivity contribution is -0.141. The Hall–Kier alpha value is -3.30. The van der Waals surface area contributed by atoms with E-state index < -0.39 is 23.7 Å². The lowest BCUT2D eigenvalue weighted by Crippen LogP contribution is -2.21. The van der Waals surface area contributed by atoms with E-state index in [2.05, 4.69) is 5.16 Å². The highest BCUT2D eigenvalue weighted by Crippen LogP contribution is 2.38. The summed E-state index contributed by atoms with van der Waals surface area (Å²) in [5.41, 5.74) is 0.0467. The lowest BCUT2D eigenvalue weighted by Gasteiger charge is -2.20. The fourth-order valence-corrected chi connectivity index (χ4v) is 3.60. The topological polar surface area (TPSA) is 64.8 Å². The summed E-state index contributed by atoms with van der Waals surface area (Å²) in [4.78, 5) is 13.5. The Morgan fingerprint density at radius 3 is 2.59 bits per heavy atom. The summed E-state index contributed by atoms with van der Waals surface area (Å²) in [5, 5.41) is 3.13. The van der Waals surface area contributed by atoms with Crippen LogP contribution in [-0.4, -0.2) is 37.9 Å². The number of nitrogens with zero attached hydrogens (tertiary/aromatic N) is 2. The Labute approximate surface area is 194 Å². The molecule has 1 aromatic heterocycles. The quantitative estimate of drug-likeness (QED) is 0.200. The second-order valence-electron chi connectivity index (χ2n) is 7.71. The fourth-order valence-electron chi connectivity index (χ4n) is 3.60. The van der Waals surface area contributed by atoms with E-state index in [1.54, 1.807) is 20.0 Å². The molecular weight excluding hydrogens is 456 g/mol. The van der Waals surface area contributed by atoms with Gasteiger partial charge in [0.2, 0.25) is 0 Å². The molecule has 2 aromatic carbocycles. The summed E-state index contributed by atoms with van der Waals surface area (Å²) in [7, 11) is 1.78. The number of hydrogen-bond donors (Lipinski definition) is 0. The number of fused-ring (bicyclic) bond motifs is 1. The van der Waals surface area contributed by atoms with Gasteiger partial charge in [-0.25, -0.2) is 9.18 Å². The summed E-state index contributed by atoms with van der Waals surface area (Å²) in [6.07, 6.45) is -2.87. The molecule has 0 aliphatic carbocycles. The van der Waals surface area contributed by atoms with Gasteiger partial charge in [-0.2, -0.15) is 13.2 Å². The molecule has 0 fully saturated rings. The SMILES string of the molecule is CCCc1c(OCCCN(C)c2ccc(C(=O)OCC)c(F)c2)ccc2c(C(F)(F)F)noc12. The van der Waals surface area contributed by atoms with Crippen LogP contribution < -0.4 is 9.64 Å². The van der Waals surface area contributed by atoms with Crippen LogP contribution in [0, 0.1) is 5.82 Å². The molecule has 0 saturated carbocycles. The molecule has 0 radical (unpaired) electrons. The van der Waals surface area contributed by atoms with E-state index in [1.807, 2.05) is 11.8 Å². The third-order valence-corrected chi connectivity index (χ3v) is 5.25. The van der Waals surface area contributed by atoms with Crippen molar-refractivity contribution in [1.29, 1.82) is 0 Å². The van der Waals surface area contributed by atoms with Crippen molar-refractivity contribution in [2.24, 2.45) is 0 Å². The zero-order valence-electron chi connectivity index (χ0n) is 19.2. The van der Waals surface area contributed by atoms with Crippen LogP contribution in [0.5, 0.6) is 5.75 Å². The van der Waals surface area contributed by atoms with Crippen molar-refractivity contribution in [2.45, 2.75) is 39.3 Å². The number of carbonyl (C=O) groups is 1. The van der Waals surface area contributed by atoms with Gasteiger partial charge in [-0.1, -0.05) is 18.5 Å². The van der Waals surface area contributed by atoms with Crippen LogP contribution in [0.25, 0.3) is 11.0 Å². The number of aromatic nitrogens is 1. The van der Waals surface area contributed by atoms with E-state index in [4.69, 9.17) is 14.0 Å². The normalized spacial score (nSPS) is 11.6. The number of aryl methyl sites for hydroxylation is 1. The number of halogens is 4. The van der Waals surface area contributed by atoms with Crippen LogP contribution in [0.3, 0.4) is 0 Å². The highest BCUT2D eigenvalue weighted by Gasteiger charge is 2.37. The second-order valence-corrected chi connectivity index (χ2v) is 7.71. The number of carbonyl (C=O) groups excluding carboxylic acids is 1. The summed E-state index contributed by atoms with van der Waals surface area (Å²) < 4.78 is 69.4. The monoisotopic (exact) mass is 482 g/mol. The van der Waals surface area contributed by atoms with Gasteiger partial charge in [0.1, 0.15) is 11.6 Å². The summed E-state index contributed by atoms with van der Waals surface area (Å²) >= 11 is 0. The maximum absolute atomic E-state index is 14.3. The molecule has 0 spiro atoms. The highest BCUT2D eigenvalue weighted by atomic mass is 19.4. The Kier molecular flexibility index (Phi) is 8.01. The molecule has 10 heteroatoms. The zero-order chi connectivity index (χ0) is 24.9. The van der Waals surface area contributed by atoms with Crippen molar-refractivity contribution in [1.82, 2.24) is 5.16 Å². The molecule has 34 heavy (non-hydrogen) atoms. The predicted octanol–water partition coefficient (Wildman–Crippen LogP) is 6.02. The first kappa shape index (κ1) is 25.3. The van der Waals surface area contributed by atoms with Gasteiger partial charge < -0.3 is 18.9 Å². The Morgan fingerprint density at radius 2 is 1.94 bits per heavy atom. The molecular formula is C24H26F4N2O4. The van der Waals surface area contributed by atoms with Gasteiger partial charge in [-0.3, -0.25) is 0 Å². The minimum absolute atomic E-state index is 0.0842. The van der Waals surface area contributed by atoms with Crippen molar-refractivity contribution in [3.63, 3.8) is 0 Å². The Bertz CT molecular complexity index is 1140. The van der Waals surface area contributed by atoms with Crippen LogP contribution in [-0.2, 0) is 17.3 Å². The Balaban J connectivity index is 1.64. The van der Waals surface area contributed by atoms with Gasteiger partial charge in [0.05, 0.1) is 24.2 Å². The summed E-state index contributed by atoms with van der Waals surface area (Å²) in [6, 6.07) is 7.10. The third-order valence-electron chi connectivity index (χ3n) is 5.25. The molecule has 0 saturated heterocycles. The van der Waals surface area contributed by atoms with Crippen LogP contribution in [0.4, 0.5) is 23.2 Å². The van der Waals surface area contributed by atoms with Crippen molar-refractivity contribution in [2.75, 3.05) is 31.7 Å². The highest BCUT2D eigenvalue weighted by molar-refractivity contribution is 5.90. The van der Waals surface area contributed by atoms with Crippen LogP contribution in [0.1, 0.15) is 48.3 Å². The first-order valence-electron chi connectivity index (χ1n) is 11.0. The van der Waals surface area contributed by atoms with E-state index in [1.165, 1.54) is 24.3 Å². The number of hydrogen-bond acceptors (Lipinski definition) is 6. The molecule has 3 rings (SSSR count). The number of alkyl halides is 3. The van der Waals surface area contributed by atoms with E-state index in [-0.39, 0.29) is 29.7 Å². The molecule has 0 atom stereocenters. The number of benzene rings is 2. The van der Waals surface area contributed by atoms with Crippen LogP contribution in [0.2, 0.25) is 0 Å². The summed E-state index contributed by atoms with van der Waals surface area (Å²) in [6.45, 7) is 4.52. The van der Waals surface area contributed by atoms with Gasteiger partial charge in [0, 0.05) is 24.8 Å². The van der Waals surface area contributed by atoms with Gasteiger partial charge in [-0.05, 0) is 50.1 Å². The average molecular weight is 482 g/mol. The first-order chi connectivity index (χ1) is 16.2. The van der Waals surface area contributed by atoms with E-state index >= 15 is 0 Å². The fraction of sp³-hybridized carbons (Fsp3) is 0.417. The van der Waals surface area contributed by atoms with Crippen LogP contribution >= 0.6 is 0 Å². The molecule has 0 unspecified atom stereocenters. The predicted molar refractivity (Wildman–Crippen MR) is 119 cm³/mol. The maximum Gasteiger partial charge on any atom is 0.437 e. The van der Waals surface area contributed by atoms with E-state index in [0.717, 1.165) is 0 Å². The molecule has 1 heterocycles. The van der Waals surface area contributed by atoms with Crippen molar-refractivity contribution >= 4 is 22.6 Å². The number of anilines is 1. The minimum Gasteiger partial charge on any atom is -0.493 e. The largest absolute Gasteiger partial charge is 0.493 e. The molecule has 184 valence electrons. The average Bonchev–Trinajstić information content (AvgIpc) is 3.23. The van der Waals surface area contributed by atoms with Crippen molar-refractivity contribution in [3.05, 3.63) is 53.0 Å². The zero-order valence-corrected chi connectivity index (χ0v) is 19.2. The molecule has 0 bridgehead atoms. The number of rotatable bonds is 10. The van der Waals surface area contributed by atoms with Crippen LogP contribution in [0.15, 0.2) is 34.9 Å². The van der Waals surface area contributed by atoms with Crippen molar-refractivity contribution < 1.29 is 36.4 Å². The van der Waals surface area contributed by atoms with E-state index in [9.17, 15) is 22.4 Å². The smallest absolute Gasteiger partial charge is 0.437 e. The second kappa shape index (κ2) is 10.8. The molecule has 0 aliphatic heterocycles. The van der Waals surface area contributed by atoms with E-state index in [0.29, 0.717) is 42.8 Å². The maximum atomic E-state index is 14.3. The molecule has 0 aliphatic rings. The summed E-state index contributed by atoms with van der Waals surface area (Å²) in [5.74, 6) is -0.926. The molecule has 0 amide bonds. The van der Waals surface area contributed by atoms with Gasteiger partial charge in [0.15, 0.2) is 11.3 Å².